The van der Waals surface area contributed by atoms with Crippen molar-refractivity contribution in [3.05, 3.63) is 24.3 Å². The van der Waals surface area contributed by atoms with E-state index in [1.54, 1.807) is 32.9 Å². The topological polar surface area (TPSA) is 93.7 Å². The monoisotopic (exact) mass is 358 g/mol. The van der Waals surface area contributed by atoms with Crippen molar-refractivity contribution >= 4 is 15.9 Å². The molecule has 0 bridgehead atoms. The minimum atomic E-state index is -3.82. The molecule has 2 N–H and O–H groups in total. The SMILES string of the molecule is COCC(C)NC(=O)C(NS(=O)(=O)c1ccc(OC)cc1)C(C)C. The van der Waals surface area contributed by atoms with Crippen molar-refractivity contribution < 1.29 is 22.7 Å². The van der Waals surface area contributed by atoms with E-state index < -0.39 is 16.1 Å². The van der Waals surface area contributed by atoms with Gasteiger partial charge in [-0.25, -0.2) is 8.42 Å². The van der Waals surface area contributed by atoms with E-state index >= 15 is 0 Å². The van der Waals surface area contributed by atoms with Gasteiger partial charge in [-0.05, 0) is 37.1 Å². The Bertz CT molecular complexity index is 628. The summed E-state index contributed by atoms with van der Waals surface area (Å²) in [5.74, 6) is -0.0418. The van der Waals surface area contributed by atoms with E-state index in [0.29, 0.717) is 12.4 Å². The number of hydrogen-bond acceptors (Lipinski definition) is 5. The lowest BCUT2D eigenvalue weighted by molar-refractivity contribution is -0.124. The summed E-state index contributed by atoms with van der Waals surface area (Å²) in [6.07, 6.45) is 0. The largest absolute Gasteiger partial charge is 0.497 e. The van der Waals surface area contributed by atoms with Crippen LogP contribution < -0.4 is 14.8 Å². The molecule has 8 heteroatoms. The molecular formula is C16H26N2O5S. The Labute approximate surface area is 143 Å². The first kappa shape index (κ1) is 20.4. The third kappa shape index (κ3) is 5.77. The molecule has 0 fully saturated rings. The maximum atomic E-state index is 12.5. The van der Waals surface area contributed by atoms with E-state index in [-0.39, 0.29) is 22.8 Å². The normalized spacial score (nSPS) is 14.2. The zero-order chi connectivity index (χ0) is 18.3. The average Bonchev–Trinajstić information content (AvgIpc) is 2.52. The van der Waals surface area contributed by atoms with Gasteiger partial charge in [-0.15, -0.1) is 0 Å². The molecule has 1 aromatic rings. The third-order valence-electron chi connectivity index (χ3n) is 3.41. The lowest BCUT2D eigenvalue weighted by atomic mass is 10.0. The summed E-state index contributed by atoms with van der Waals surface area (Å²) in [5, 5.41) is 2.74. The van der Waals surface area contributed by atoms with Crippen LogP contribution in [0.4, 0.5) is 0 Å². The summed E-state index contributed by atoms with van der Waals surface area (Å²) in [5.41, 5.74) is 0. The summed E-state index contributed by atoms with van der Waals surface area (Å²) in [7, 11) is -0.782. The Morgan fingerprint density at radius 1 is 1.12 bits per heavy atom. The highest BCUT2D eigenvalue weighted by molar-refractivity contribution is 7.89. The highest BCUT2D eigenvalue weighted by Crippen LogP contribution is 2.16. The van der Waals surface area contributed by atoms with Gasteiger partial charge in [0.2, 0.25) is 15.9 Å². The number of benzene rings is 1. The van der Waals surface area contributed by atoms with E-state index in [0.717, 1.165) is 0 Å². The Morgan fingerprint density at radius 3 is 2.17 bits per heavy atom. The first-order valence-corrected chi connectivity index (χ1v) is 9.15. The third-order valence-corrected chi connectivity index (χ3v) is 4.86. The summed E-state index contributed by atoms with van der Waals surface area (Å²) in [4.78, 5) is 12.4. The molecule has 0 radical (unpaired) electrons. The Hall–Kier alpha value is -1.64. The van der Waals surface area contributed by atoms with Crippen LogP contribution in [-0.4, -0.2) is 47.2 Å². The lowest BCUT2D eigenvalue weighted by Crippen LogP contribution is -2.52. The molecule has 0 aliphatic rings. The van der Waals surface area contributed by atoms with Crippen LogP contribution in [0.25, 0.3) is 0 Å². The fourth-order valence-corrected chi connectivity index (χ4v) is 3.45. The van der Waals surface area contributed by atoms with Crippen LogP contribution in [0.5, 0.6) is 5.75 Å². The highest BCUT2D eigenvalue weighted by Gasteiger charge is 2.29. The van der Waals surface area contributed by atoms with E-state index in [4.69, 9.17) is 9.47 Å². The van der Waals surface area contributed by atoms with E-state index in [2.05, 4.69) is 10.0 Å². The van der Waals surface area contributed by atoms with E-state index in [1.165, 1.54) is 26.4 Å². The lowest BCUT2D eigenvalue weighted by Gasteiger charge is -2.23. The number of sulfonamides is 1. The first-order valence-electron chi connectivity index (χ1n) is 7.67. The summed E-state index contributed by atoms with van der Waals surface area (Å²) in [6, 6.07) is 4.89. The maximum absolute atomic E-state index is 12.5. The molecule has 0 heterocycles. The molecule has 2 atom stereocenters. The number of nitrogens with one attached hydrogen (secondary N) is 2. The molecule has 1 aromatic carbocycles. The molecule has 1 amide bonds. The second-order valence-electron chi connectivity index (χ2n) is 5.88. The molecule has 0 aliphatic carbocycles. The fourth-order valence-electron chi connectivity index (χ4n) is 2.11. The molecule has 136 valence electrons. The molecule has 0 spiro atoms. The van der Waals surface area contributed by atoms with E-state index in [1.807, 2.05) is 0 Å². The Morgan fingerprint density at radius 2 is 1.71 bits per heavy atom. The Balaban J connectivity index is 2.91. The van der Waals surface area contributed by atoms with Crippen LogP contribution in [-0.2, 0) is 19.6 Å². The number of methoxy groups -OCH3 is 2. The summed E-state index contributed by atoms with van der Waals surface area (Å²) < 4.78 is 37.5. The first-order chi connectivity index (χ1) is 11.2. The van der Waals surface area contributed by atoms with Gasteiger partial charge in [-0.1, -0.05) is 13.8 Å². The van der Waals surface area contributed by atoms with Gasteiger partial charge in [0.25, 0.3) is 0 Å². The second-order valence-corrected chi connectivity index (χ2v) is 7.60. The molecule has 0 saturated carbocycles. The van der Waals surface area contributed by atoms with Crippen LogP contribution in [0.15, 0.2) is 29.2 Å². The van der Waals surface area contributed by atoms with Gasteiger partial charge in [0.1, 0.15) is 11.8 Å². The van der Waals surface area contributed by atoms with Crippen molar-refractivity contribution in [1.29, 1.82) is 0 Å². The molecule has 0 saturated heterocycles. The standard InChI is InChI=1S/C16H26N2O5S/c1-11(2)15(16(19)17-12(3)10-22-4)18-24(20,21)14-8-6-13(23-5)7-9-14/h6-9,11-12,15,18H,10H2,1-5H3,(H,17,19). The van der Waals surface area contributed by atoms with Gasteiger partial charge in [0.15, 0.2) is 0 Å². The van der Waals surface area contributed by atoms with Crippen molar-refractivity contribution in [3.63, 3.8) is 0 Å². The van der Waals surface area contributed by atoms with Crippen LogP contribution >= 0.6 is 0 Å². The predicted molar refractivity (Wildman–Crippen MR) is 91.4 cm³/mol. The number of rotatable bonds is 9. The van der Waals surface area contributed by atoms with Gasteiger partial charge in [-0.2, -0.15) is 4.72 Å². The molecule has 7 nitrogen and oxygen atoms in total. The zero-order valence-electron chi connectivity index (χ0n) is 14.7. The molecule has 1 rings (SSSR count). The van der Waals surface area contributed by atoms with Crippen molar-refractivity contribution in [2.24, 2.45) is 5.92 Å². The summed E-state index contributed by atoms with van der Waals surface area (Å²) in [6.45, 7) is 5.70. The van der Waals surface area contributed by atoms with Crippen molar-refractivity contribution in [2.75, 3.05) is 20.8 Å². The van der Waals surface area contributed by atoms with Crippen molar-refractivity contribution in [2.45, 2.75) is 37.8 Å². The Kier molecular flexibility index (Phi) is 7.65. The van der Waals surface area contributed by atoms with Crippen LogP contribution in [0.2, 0.25) is 0 Å². The number of amides is 1. The van der Waals surface area contributed by atoms with Crippen LogP contribution in [0.3, 0.4) is 0 Å². The van der Waals surface area contributed by atoms with E-state index in [9.17, 15) is 13.2 Å². The smallest absolute Gasteiger partial charge is 0.241 e. The van der Waals surface area contributed by atoms with Gasteiger partial charge >= 0.3 is 0 Å². The molecule has 24 heavy (non-hydrogen) atoms. The second kappa shape index (κ2) is 9.00. The number of carbonyl (C=O) groups is 1. The minimum absolute atomic E-state index is 0.0756. The van der Waals surface area contributed by atoms with Crippen molar-refractivity contribution in [1.82, 2.24) is 10.0 Å². The number of ether oxygens (including phenoxy) is 2. The van der Waals surface area contributed by atoms with Gasteiger partial charge in [0.05, 0.1) is 18.6 Å². The summed E-state index contributed by atoms with van der Waals surface area (Å²) >= 11 is 0. The van der Waals surface area contributed by atoms with Gasteiger partial charge in [-0.3, -0.25) is 4.79 Å². The van der Waals surface area contributed by atoms with Gasteiger partial charge < -0.3 is 14.8 Å². The predicted octanol–water partition coefficient (Wildman–Crippen LogP) is 1.15. The number of hydrogen-bond donors (Lipinski definition) is 2. The maximum Gasteiger partial charge on any atom is 0.241 e. The molecule has 2 unspecified atom stereocenters. The van der Waals surface area contributed by atoms with Crippen LogP contribution in [0.1, 0.15) is 20.8 Å². The molecular weight excluding hydrogens is 332 g/mol. The molecule has 0 aliphatic heterocycles. The minimum Gasteiger partial charge on any atom is -0.497 e. The molecule has 0 aromatic heterocycles. The van der Waals surface area contributed by atoms with Gasteiger partial charge in [0, 0.05) is 13.2 Å². The fraction of sp³-hybridized carbons (Fsp3) is 0.562. The van der Waals surface area contributed by atoms with Crippen LogP contribution in [0, 0.1) is 5.92 Å². The average molecular weight is 358 g/mol. The number of carbonyl (C=O) groups excluding carboxylic acids is 1. The van der Waals surface area contributed by atoms with Crippen molar-refractivity contribution in [3.8, 4) is 5.75 Å². The zero-order valence-corrected chi connectivity index (χ0v) is 15.5. The quantitative estimate of drug-likeness (QED) is 0.691. The highest BCUT2D eigenvalue weighted by atomic mass is 32.2.